The van der Waals surface area contributed by atoms with Gasteiger partial charge in [0.2, 0.25) is 21.9 Å². The van der Waals surface area contributed by atoms with E-state index in [4.69, 9.17) is 4.74 Å². The van der Waals surface area contributed by atoms with Crippen LogP contribution in [-0.2, 0) is 10.0 Å². The number of piperidine rings is 1. The molecule has 1 saturated heterocycles. The number of halogens is 1. The summed E-state index contributed by atoms with van der Waals surface area (Å²) in [5.74, 6) is 0.225. The van der Waals surface area contributed by atoms with Gasteiger partial charge < -0.3 is 10.1 Å². The van der Waals surface area contributed by atoms with E-state index < -0.39 is 15.8 Å². The molecule has 0 aliphatic carbocycles. The summed E-state index contributed by atoms with van der Waals surface area (Å²) in [5, 5.41) is 3.17. The first-order valence-electron chi connectivity index (χ1n) is 8.70. The predicted molar refractivity (Wildman–Crippen MR) is 99.5 cm³/mol. The number of nitrogens with zero attached hydrogens (tertiary/aromatic N) is 4. The van der Waals surface area contributed by atoms with Crippen molar-refractivity contribution in [3.63, 3.8) is 0 Å². The van der Waals surface area contributed by atoms with E-state index in [1.807, 2.05) is 6.92 Å². The Labute approximate surface area is 157 Å². The van der Waals surface area contributed by atoms with E-state index in [-0.39, 0.29) is 11.7 Å². The Hall–Kier alpha value is -2.33. The third-order valence-electron chi connectivity index (χ3n) is 4.30. The van der Waals surface area contributed by atoms with E-state index >= 15 is 0 Å². The van der Waals surface area contributed by atoms with Crippen LogP contribution in [0.5, 0.6) is 5.88 Å². The van der Waals surface area contributed by atoms with Gasteiger partial charge in [0.05, 0.1) is 19.1 Å². The molecule has 10 heteroatoms. The third-order valence-corrected chi connectivity index (χ3v) is 5.61. The van der Waals surface area contributed by atoms with Crippen LogP contribution in [0.4, 0.5) is 10.3 Å². The average Bonchev–Trinajstić information content (AvgIpc) is 2.64. The van der Waals surface area contributed by atoms with Crippen molar-refractivity contribution < 1.29 is 17.5 Å². The summed E-state index contributed by atoms with van der Waals surface area (Å²) in [6, 6.07) is 3.38. The number of hydrogen-bond acceptors (Lipinski definition) is 7. The summed E-state index contributed by atoms with van der Waals surface area (Å²) >= 11 is 0. The molecule has 0 aromatic carbocycles. The fourth-order valence-corrected chi connectivity index (χ4v) is 3.78. The van der Waals surface area contributed by atoms with Crippen LogP contribution in [0.1, 0.15) is 19.8 Å². The number of pyridine rings is 1. The lowest BCUT2D eigenvalue weighted by atomic mass is 10.1. The minimum absolute atomic E-state index is 0.0276. The van der Waals surface area contributed by atoms with Crippen LogP contribution in [0.2, 0.25) is 0 Å². The van der Waals surface area contributed by atoms with Gasteiger partial charge in [0.1, 0.15) is 5.69 Å². The second kappa shape index (κ2) is 8.13. The maximum Gasteiger partial charge on any atom is 0.223 e. The van der Waals surface area contributed by atoms with Crippen molar-refractivity contribution in [2.24, 2.45) is 0 Å². The van der Waals surface area contributed by atoms with Crippen molar-refractivity contribution >= 4 is 16.0 Å². The van der Waals surface area contributed by atoms with Crippen molar-refractivity contribution in [3.8, 4) is 17.1 Å². The first-order valence-corrected chi connectivity index (χ1v) is 10.5. The zero-order chi connectivity index (χ0) is 19.4. The molecular weight excluding hydrogens is 373 g/mol. The highest BCUT2D eigenvalue weighted by molar-refractivity contribution is 7.88. The second-order valence-corrected chi connectivity index (χ2v) is 8.27. The van der Waals surface area contributed by atoms with Crippen molar-refractivity contribution in [2.75, 3.05) is 31.3 Å². The number of anilines is 1. The number of rotatable bonds is 6. The maximum absolute atomic E-state index is 14.2. The molecule has 1 aliphatic heterocycles. The molecular formula is C17H22FN5O3S. The SMILES string of the molecule is CCOc1ccc(-c2nc(NC3CCN(S(C)(=O)=O)CC3)ncc2F)cn1. The summed E-state index contributed by atoms with van der Waals surface area (Å²) in [6.45, 7) is 3.24. The highest BCUT2D eigenvalue weighted by atomic mass is 32.2. The first-order chi connectivity index (χ1) is 12.9. The monoisotopic (exact) mass is 395 g/mol. The van der Waals surface area contributed by atoms with Crippen LogP contribution in [-0.4, -0.2) is 59.7 Å². The Morgan fingerprint density at radius 3 is 2.59 bits per heavy atom. The number of sulfonamides is 1. The Balaban J connectivity index is 1.70. The molecule has 0 spiro atoms. The molecule has 1 N–H and O–H groups in total. The molecule has 2 aromatic rings. The lowest BCUT2D eigenvalue weighted by Gasteiger charge is -2.30. The van der Waals surface area contributed by atoms with E-state index in [0.29, 0.717) is 49.9 Å². The van der Waals surface area contributed by atoms with Gasteiger partial charge in [0.15, 0.2) is 5.82 Å². The average molecular weight is 395 g/mol. The van der Waals surface area contributed by atoms with Crippen molar-refractivity contribution in [1.82, 2.24) is 19.3 Å². The molecule has 0 radical (unpaired) electrons. The highest BCUT2D eigenvalue weighted by Crippen LogP contribution is 2.23. The van der Waals surface area contributed by atoms with Gasteiger partial charge in [-0.15, -0.1) is 0 Å². The second-order valence-electron chi connectivity index (χ2n) is 6.29. The Morgan fingerprint density at radius 2 is 2.00 bits per heavy atom. The Bertz CT molecular complexity index is 884. The zero-order valence-corrected chi connectivity index (χ0v) is 16.0. The van der Waals surface area contributed by atoms with Crippen LogP contribution in [0, 0.1) is 5.82 Å². The lowest BCUT2D eigenvalue weighted by molar-refractivity contribution is 0.327. The van der Waals surface area contributed by atoms with Gasteiger partial charge in [-0.3, -0.25) is 0 Å². The molecule has 8 nitrogen and oxygen atoms in total. The third kappa shape index (κ3) is 4.89. The number of nitrogens with one attached hydrogen (secondary N) is 1. The van der Waals surface area contributed by atoms with E-state index in [1.165, 1.54) is 16.8 Å². The normalized spacial score (nSPS) is 16.3. The van der Waals surface area contributed by atoms with Gasteiger partial charge in [0, 0.05) is 37.0 Å². The van der Waals surface area contributed by atoms with Gasteiger partial charge in [-0.05, 0) is 25.8 Å². The van der Waals surface area contributed by atoms with Crippen molar-refractivity contribution in [3.05, 3.63) is 30.3 Å². The fraction of sp³-hybridized carbons (Fsp3) is 0.471. The molecule has 0 atom stereocenters. The van der Waals surface area contributed by atoms with Gasteiger partial charge in [-0.2, -0.15) is 0 Å². The Morgan fingerprint density at radius 1 is 1.26 bits per heavy atom. The fourth-order valence-electron chi connectivity index (χ4n) is 2.91. The minimum Gasteiger partial charge on any atom is -0.478 e. The lowest BCUT2D eigenvalue weighted by Crippen LogP contribution is -2.42. The smallest absolute Gasteiger partial charge is 0.223 e. The predicted octanol–water partition coefficient (Wildman–Crippen LogP) is 1.91. The van der Waals surface area contributed by atoms with Crippen LogP contribution in [0.3, 0.4) is 0 Å². The zero-order valence-electron chi connectivity index (χ0n) is 15.2. The standard InChI is InChI=1S/C17H22FN5O3S/c1-3-26-15-5-4-12(10-19-15)16-14(18)11-20-17(22-16)21-13-6-8-23(9-7-13)27(2,24)25/h4-5,10-11,13H,3,6-9H2,1-2H3,(H,20,21,22). The summed E-state index contributed by atoms with van der Waals surface area (Å²) < 4.78 is 44.1. The number of hydrogen-bond donors (Lipinski definition) is 1. The van der Waals surface area contributed by atoms with Gasteiger partial charge >= 0.3 is 0 Å². The van der Waals surface area contributed by atoms with E-state index in [0.717, 1.165) is 6.20 Å². The van der Waals surface area contributed by atoms with Gasteiger partial charge in [0.25, 0.3) is 0 Å². The summed E-state index contributed by atoms with van der Waals surface area (Å²) in [4.78, 5) is 12.4. The highest BCUT2D eigenvalue weighted by Gasteiger charge is 2.25. The topological polar surface area (TPSA) is 97.3 Å². The van der Waals surface area contributed by atoms with Crippen LogP contribution >= 0.6 is 0 Å². The largest absolute Gasteiger partial charge is 0.478 e. The van der Waals surface area contributed by atoms with Crippen molar-refractivity contribution in [1.29, 1.82) is 0 Å². The molecule has 0 amide bonds. The summed E-state index contributed by atoms with van der Waals surface area (Å²) in [7, 11) is -3.17. The minimum atomic E-state index is -3.17. The molecule has 0 unspecified atom stereocenters. The van der Waals surface area contributed by atoms with E-state index in [1.54, 1.807) is 12.1 Å². The molecule has 3 heterocycles. The molecule has 2 aromatic heterocycles. The van der Waals surface area contributed by atoms with Gasteiger partial charge in [-0.1, -0.05) is 0 Å². The molecule has 0 bridgehead atoms. The van der Waals surface area contributed by atoms with Crippen molar-refractivity contribution in [2.45, 2.75) is 25.8 Å². The molecule has 1 fully saturated rings. The molecule has 3 rings (SSSR count). The maximum atomic E-state index is 14.2. The summed E-state index contributed by atoms with van der Waals surface area (Å²) in [5.41, 5.74) is 0.671. The first kappa shape index (κ1) is 19.4. The summed E-state index contributed by atoms with van der Waals surface area (Å²) in [6.07, 6.45) is 5.10. The van der Waals surface area contributed by atoms with Gasteiger partial charge in [-0.25, -0.2) is 32.1 Å². The molecule has 146 valence electrons. The van der Waals surface area contributed by atoms with Crippen LogP contribution in [0.15, 0.2) is 24.5 Å². The Kier molecular flexibility index (Phi) is 5.85. The van der Waals surface area contributed by atoms with E-state index in [9.17, 15) is 12.8 Å². The van der Waals surface area contributed by atoms with E-state index in [2.05, 4.69) is 20.3 Å². The van der Waals surface area contributed by atoms with Crippen LogP contribution < -0.4 is 10.1 Å². The van der Waals surface area contributed by atoms with Crippen LogP contribution in [0.25, 0.3) is 11.3 Å². The molecule has 0 saturated carbocycles. The number of ether oxygens (including phenoxy) is 1. The quantitative estimate of drug-likeness (QED) is 0.798. The molecule has 27 heavy (non-hydrogen) atoms. The molecule has 1 aliphatic rings. The number of aromatic nitrogens is 3.